The fourth-order valence-corrected chi connectivity index (χ4v) is 2.02. The van der Waals surface area contributed by atoms with Crippen molar-refractivity contribution < 1.29 is 8.42 Å². The minimum Gasteiger partial charge on any atom is -0.329 e. The molecule has 2 N–H and O–H groups in total. The van der Waals surface area contributed by atoms with Crippen LogP contribution < -0.4 is 5.73 Å². The van der Waals surface area contributed by atoms with Gasteiger partial charge in [0.05, 0.1) is 10.6 Å². The molecule has 3 nitrogen and oxygen atoms in total. The topological polar surface area (TPSA) is 60.2 Å². The number of benzene rings is 1. The van der Waals surface area contributed by atoms with E-state index < -0.39 is 9.84 Å². The molecule has 0 spiro atoms. The Morgan fingerprint density at radius 1 is 1.15 bits per heavy atom. The molecule has 0 aliphatic rings. The lowest BCUT2D eigenvalue weighted by atomic mass is 10.4. The Bertz CT molecular complexity index is 336. The van der Waals surface area contributed by atoms with Crippen LogP contribution in [0, 0.1) is 0 Å². The van der Waals surface area contributed by atoms with Crippen LogP contribution >= 0.6 is 12.4 Å². The number of nitrogens with two attached hydrogens (primary N) is 1. The van der Waals surface area contributed by atoms with E-state index in [1.54, 1.807) is 30.3 Å². The lowest BCUT2D eigenvalue weighted by molar-refractivity contribution is 0.596. The van der Waals surface area contributed by atoms with Crippen LogP contribution in [0.3, 0.4) is 0 Å². The maximum atomic E-state index is 11.4. The van der Waals surface area contributed by atoms with E-state index >= 15 is 0 Å². The number of sulfone groups is 1. The van der Waals surface area contributed by atoms with Gasteiger partial charge in [-0.25, -0.2) is 8.42 Å². The summed E-state index contributed by atoms with van der Waals surface area (Å²) in [5.41, 5.74) is 5.17. The Hall–Kier alpha value is -0.580. The molecule has 0 unspecified atom stereocenters. The van der Waals surface area contributed by atoms with E-state index in [-0.39, 0.29) is 24.7 Å². The molecule has 0 fully saturated rings. The quantitative estimate of drug-likeness (QED) is 0.823. The van der Waals surface area contributed by atoms with Gasteiger partial charge in [0.1, 0.15) is 0 Å². The largest absolute Gasteiger partial charge is 0.329 e. The third-order valence-electron chi connectivity index (χ3n) is 1.49. The van der Waals surface area contributed by atoms with Crippen LogP contribution in [0.4, 0.5) is 0 Å². The van der Waals surface area contributed by atoms with Gasteiger partial charge in [-0.05, 0) is 12.1 Å². The summed E-state index contributed by atoms with van der Waals surface area (Å²) < 4.78 is 22.7. The third-order valence-corrected chi connectivity index (χ3v) is 3.25. The molecule has 0 aliphatic heterocycles. The molecule has 1 aromatic rings. The summed E-state index contributed by atoms with van der Waals surface area (Å²) in [6.07, 6.45) is 0. The molecule has 0 bridgehead atoms. The molecule has 0 atom stereocenters. The molecule has 1 aromatic carbocycles. The van der Waals surface area contributed by atoms with Crippen molar-refractivity contribution in [3.63, 3.8) is 0 Å². The molecule has 0 aromatic heterocycles. The first-order valence-electron chi connectivity index (χ1n) is 3.65. The van der Waals surface area contributed by atoms with Crippen LogP contribution in [0.15, 0.2) is 35.2 Å². The van der Waals surface area contributed by atoms with Gasteiger partial charge in [0.2, 0.25) is 0 Å². The molecule has 5 heteroatoms. The Morgan fingerprint density at radius 2 is 1.69 bits per heavy atom. The first-order valence-corrected chi connectivity index (χ1v) is 5.30. The highest BCUT2D eigenvalue weighted by atomic mass is 35.5. The average Bonchev–Trinajstić information content (AvgIpc) is 2.06. The van der Waals surface area contributed by atoms with E-state index in [1.807, 2.05) is 0 Å². The van der Waals surface area contributed by atoms with Crippen molar-refractivity contribution in [1.29, 1.82) is 0 Å². The Balaban J connectivity index is 0.00000144. The summed E-state index contributed by atoms with van der Waals surface area (Å²) in [5.74, 6) is 0.0109. The normalized spacial score (nSPS) is 10.5. The van der Waals surface area contributed by atoms with Crippen molar-refractivity contribution in [3.8, 4) is 0 Å². The summed E-state index contributed by atoms with van der Waals surface area (Å²) in [6, 6.07) is 8.32. The summed E-state index contributed by atoms with van der Waals surface area (Å²) in [6.45, 7) is 0.164. The Morgan fingerprint density at radius 3 is 2.15 bits per heavy atom. The van der Waals surface area contributed by atoms with Crippen molar-refractivity contribution in [2.24, 2.45) is 5.73 Å². The van der Waals surface area contributed by atoms with Crippen LogP contribution in [-0.2, 0) is 9.84 Å². The molecule has 1 rings (SSSR count). The molecule has 0 saturated carbocycles. The third kappa shape index (κ3) is 3.34. The zero-order valence-corrected chi connectivity index (χ0v) is 8.64. The molecular weight excluding hydrogens is 210 g/mol. The first-order chi connectivity index (χ1) is 5.67. The Labute approximate surface area is 84.3 Å². The highest BCUT2D eigenvalue weighted by molar-refractivity contribution is 7.91. The van der Waals surface area contributed by atoms with Gasteiger partial charge in [-0.15, -0.1) is 12.4 Å². The molecular formula is C8H12ClNO2S. The maximum absolute atomic E-state index is 11.4. The summed E-state index contributed by atoms with van der Waals surface area (Å²) in [7, 11) is -3.14. The van der Waals surface area contributed by atoms with Gasteiger partial charge in [-0.1, -0.05) is 18.2 Å². The van der Waals surface area contributed by atoms with E-state index in [2.05, 4.69) is 0 Å². The second-order valence-corrected chi connectivity index (χ2v) is 4.53. The van der Waals surface area contributed by atoms with Crippen LogP contribution in [0.2, 0.25) is 0 Å². The van der Waals surface area contributed by atoms with Crippen molar-refractivity contribution >= 4 is 22.2 Å². The molecule has 0 radical (unpaired) electrons. The minimum absolute atomic E-state index is 0. The van der Waals surface area contributed by atoms with E-state index in [9.17, 15) is 8.42 Å². The van der Waals surface area contributed by atoms with Crippen LogP contribution in [0.1, 0.15) is 0 Å². The van der Waals surface area contributed by atoms with Gasteiger partial charge in [0.25, 0.3) is 0 Å². The molecule has 0 saturated heterocycles. The van der Waals surface area contributed by atoms with Gasteiger partial charge in [-0.2, -0.15) is 0 Å². The lowest BCUT2D eigenvalue weighted by Crippen LogP contribution is -2.15. The van der Waals surface area contributed by atoms with Gasteiger partial charge >= 0.3 is 0 Å². The minimum atomic E-state index is -3.14. The number of halogens is 1. The van der Waals surface area contributed by atoms with Crippen LogP contribution in [-0.4, -0.2) is 20.7 Å². The van der Waals surface area contributed by atoms with E-state index in [4.69, 9.17) is 5.73 Å². The second-order valence-electron chi connectivity index (χ2n) is 2.42. The maximum Gasteiger partial charge on any atom is 0.179 e. The summed E-state index contributed by atoms with van der Waals surface area (Å²) >= 11 is 0. The van der Waals surface area contributed by atoms with Crippen molar-refractivity contribution in [2.75, 3.05) is 12.3 Å². The van der Waals surface area contributed by atoms with Crippen molar-refractivity contribution in [3.05, 3.63) is 30.3 Å². The number of hydrogen-bond acceptors (Lipinski definition) is 3. The van der Waals surface area contributed by atoms with E-state index in [0.29, 0.717) is 4.90 Å². The summed E-state index contributed by atoms with van der Waals surface area (Å²) in [4.78, 5) is 0.343. The monoisotopic (exact) mass is 221 g/mol. The standard InChI is InChI=1S/C8H11NO2S.ClH/c9-6-7-12(10,11)8-4-2-1-3-5-8;/h1-5H,6-7,9H2;1H. The van der Waals surface area contributed by atoms with E-state index in [1.165, 1.54) is 0 Å². The lowest BCUT2D eigenvalue weighted by Gasteiger charge is -2.00. The van der Waals surface area contributed by atoms with Gasteiger partial charge in [0.15, 0.2) is 9.84 Å². The molecule has 74 valence electrons. The molecule has 0 aliphatic carbocycles. The predicted octanol–water partition coefficient (Wildman–Crippen LogP) is 0.841. The molecule has 0 amide bonds. The van der Waals surface area contributed by atoms with Gasteiger partial charge in [0, 0.05) is 6.54 Å². The second kappa shape index (κ2) is 5.21. The predicted molar refractivity (Wildman–Crippen MR) is 54.8 cm³/mol. The van der Waals surface area contributed by atoms with Crippen molar-refractivity contribution in [1.82, 2.24) is 0 Å². The fraction of sp³-hybridized carbons (Fsp3) is 0.250. The number of hydrogen-bond donors (Lipinski definition) is 1. The van der Waals surface area contributed by atoms with Crippen LogP contribution in [0.25, 0.3) is 0 Å². The molecule has 13 heavy (non-hydrogen) atoms. The zero-order chi connectivity index (χ0) is 9.03. The van der Waals surface area contributed by atoms with Crippen LogP contribution in [0.5, 0.6) is 0 Å². The van der Waals surface area contributed by atoms with Gasteiger partial charge < -0.3 is 5.73 Å². The van der Waals surface area contributed by atoms with E-state index in [0.717, 1.165) is 0 Å². The summed E-state index contributed by atoms with van der Waals surface area (Å²) in [5, 5.41) is 0. The first kappa shape index (κ1) is 12.4. The zero-order valence-electron chi connectivity index (χ0n) is 7.01. The fourth-order valence-electron chi connectivity index (χ4n) is 0.901. The van der Waals surface area contributed by atoms with Crippen molar-refractivity contribution in [2.45, 2.75) is 4.90 Å². The highest BCUT2D eigenvalue weighted by Crippen LogP contribution is 2.08. The molecule has 0 heterocycles. The smallest absolute Gasteiger partial charge is 0.179 e. The number of rotatable bonds is 3. The average molecular weight is 222 g/mol. The SMILES string of the molecule is Cl.NCCS(=O)(=O)c1ccccc1. The van der Waals surface area contributed by atoms with Gasteiger partial charge in [-0.3, -0.25) is 0 Å². The highest BCUT2D eigenvalue weighted by Gasteiger charge is 2.11. The Kier molecular flexibility index (Phi) is 4.98.